The molecule has 0 fully saturated rings. The molecule has 0 saturated carbocycles. The van der Waals surface area contributed by atoms with Gasteiger partial charge in [0.1, 0.15) is 11.5 Å². The highest BCUT2D eigenvalue weighted by Gasteiger charge is 2.12. The third-order valence-electron chi connectivity index (χ3n) is 3.68. The molecule has 3 rings (SSSR count). The number of nitrogens with one attached hydrogen (secondary N) is 1. The number of amides is 1. The molecule has 6 nitrogen and oxygen atoms in total. The van der Waals surface area contributed by atoms with Crippen LogP contribution in [0.4, 0.5) is 5.69 Å². The number of rotatable bonds is 4. The Kier molecular flexibility index (Phi) is 4.20. The molecule has 1 amide bonds. The Balaban J connectivity index is 1.88. The molecule has 0 aliphatic rings. The molecular weight excluding hydrogens is 306 g/mol. The normalized spacial score (nSPS) is 10.4. The summed E-state index contributed by atoms with van der Waals surface area (Å²) in [5.41, 5.74) is 2.42. The lowest BCUT2D eigenvalue weighted by Gasteiger charge is -2.10. The van der Waals surface area contributed by atoms with Gasteiger partial charge in [-0.2, -0.15) is 5.10 Å². The fraction of sp³-hybridized carbons (Fsp3) is 0.111. The third-order valence-corrected chi connectivity index (χ3v) is 3.68. The number of benzene rings is 2. The minimum Gasteiger partial charge on any atom is -0.507 e. The first-order chi connectivity index (χ1) is 11.6. The molecule has 0 atom stereocenters. The highest BCUT2D eigenvalue weighted by Crippen LogP contribution is 2.31. The molecule has 2 aromatic carbocycles. The van der Waals surface area contributed by atoms with Crippen molar-refractivity contribution in [3.05, 3.63) is 60.3 Å². The number of methoxy groups -OCH3 is 1. The van der Waals surface area contributed by atoms with Crippen molar-refractivity contribution in [2.75, 3.05) is 12.4 Å². The van der Waals surface area contributed by atoms with Crippen molar-refractivity contribution in [3.8, 4) is 22.8 Å². The van der Waals surface area contributed by atoms with E-state index in [1.54, 1.807) is 73.6 Å². The van der Waals surface area contributed by atoms with E-state index in [9.17, 15) is 9.90 Å². The van der Waals surface area contributed by atoms with Crippen molar-refractivity contribution in [2.45, 2.75) is 0 Å². The molecule has 0 unspecified atom stereocenters. The van der Waals surface area contributed by atoms with Gasteiger partial charge in [0.2, 0.25) is 0 Å². The summed E-state index contributed by atoms with van der Waals surface area (Å²) < 4.78 is 6.78. The van der Waals surface area contributed by atoms with Crippen LogP contribution in [0.15, 0.2) is 54.7 Å². The maximum atomic E-state index is 12.4. The van der Waals surface area contributed by atoms with Gasteiger partial charge in [-0.15, -0.1) is 0 Å². The summed E-state index contributed by atoms with van der Waals surface area (Å²) in [5.74, 6) is 0.484. The largest absolute Gasteiger partial charge is 0.507 e. The number of carbonyl (C=O) groups excluding carboxylic acids is 1. The molecule has 6 heteroatoms. The van der Waals surface area contributed by atoms with E-state index in [0.29, 0.717) is 22.6 Å². The number of phenolic OH excluding ortho intramolecular Hbond substituents is 1. The lowest BCUT2D eigenvalue weighted by atomic mass is 10.1. The Labute approximate surface area is 139 Å². The van der Waals surface area contributed by atoms with Crippen LogP contribution in [0.25, 0.3) is 11.3 Å². The fourth-order valence-corrected chi connectivity index (χ4v) is 2.42. The molecule has 1 heterocycles. The molecule has 122 valence electrons. The van der Waals surface area contributed by atoms with Crippen molar-refractivity contribution in [2.24, 2.45) is 7.05 Å². The van der Waals surface area contributed by atoms with E-state index in [0.717, 1.165) is 5.69 Å². The van der Waals surface area contributed by atoms with Crippen LogP contribution in [0.2, 0.25) is 0 Å². The predicted molar refractivity (Wildman–Crippen MR) is 91.3 cm³/mol. The van der Waals surface area contributed by atoms with Crippen LogP contribution >= 0.6 is 0 Å². The van der Waals surface area contributed by atoms with Gasteiger partial charge in [0.25, 0.3) is 5.91 Å². The number of phenols is 1. The number of carbonyl (C=O) groups is 1. The van der Waals surface area contributed by atoms with Gasteiger partial charge in [0, 0.05) is 30.1 Å². The summed E-state index contributed by atoms with van der Waals surface area (Å²) in [7, 11) is 3.34. The highest BCUT2D eigenvalue weighted by molar-refractivity contribution is 6.04. The third kappa shape index (κ3) is 3.08. The van der Waals surface area contributed by atoms with E-state index in [4.69, 9.17) is 4.74 Å². The van der Waals surface area contributed by atoms with Crippen molar-refractivity contribution in [1.82, 2.24) is 9.78 Å². The summed E-state index contributed by atoms with van der Waals surface area (Å²) in [5, 5.41) is 17.0. The molecule has 0 aliphatic heterocycles. The number of aromatic hydroxyl groups is 1. The second kappa shape index (κ2) is 6.45. The first-order valence-corrected chi connectivity index (χ1v) is 7.35. The quantitative estimate of drug-likeness (QED) is 0.724. The van der Waals surface area contributed by atoms with E-state index < -0.39 is 0 Å². The Morgan fingerprint density at radius 1 is 1.21 bits per heavy atom. The van der Waals surface area contributed by atoms with Gasteiger partial charge in [-0.3, -0.25) is 9.48 Å². The fourth-order valence-electron chi connectivity index (χ4n) is 2.42. The van der Waals surface area contributed by atoms with Gasteiger partial charge >= 0.3 is 0 Å². The lowest BCUT2D eigenvalue weighted by Crippen LogP contribution is -2.12. The molecule has 24 heavy (non-hydrogen) atoms. The molecule has 2 N–H and O–H groups in total. The van der Waals surface area contributed by atoms with Gasteiger partial charge in [-0.25, -0.2) is 0 Å². The zero-order valence-corrected chi connectivity index (χ0v) is 13.4. The zero-order valence-electron chi connectivity index (χ0n) is 13.4. The summed E-state index contributed by atoms with van der Waals surface area (Å²) in [4.78, 5) is 12.4. The Hall–Kier alpha value is -3.28. The molecular formula is C18H17N3O3. The Bertz CT molecular complexity index is 887. The number of hydrogen-bond acceptors (Lipinski definition) is 4. The minimum absolute atomic E-state index is 0.123. The van der Waals surface area contributed by atoms with Crippen molar-refractivity contribution in [3.63, 3.8) is 0 Å². The Morgan fingerprint density at radius 3 is 2.75 bits per heavy atom. The predicted octanol–water partition coefficient (Wildman–Crippen LogP) is 3.05. The van der Waals surface area contributed by atoms with E-state index in [-0.39, 0.29) is 11.7 Å². The summed E-state index contributed by atoms with van der Waals surface area (Å²) in [6.07, 6.45) is 1.65. The van der Waals surface area contributed by atoms with E-state index >= 15 is 0 Å². The molecule has 3 aromatic rings. The van der Waals surface area contributed by atoms with Crippen molar-refractivity contribution in [1.29, 1.82) is 0 Å². The van der Waals surface area contributed by atoms with Crippen LogP contribution in [0.5, 0.6) is 11.5 Å². The topological polar surface area (TPSA) is 76.4 Å². The number of aryl methyl sites for hydroxylation is 1. The number of anilines is 1. The van der Waals surface area contributed by atoms with E-state index in [2.05, 4.69) is 10.4 Å². The zero-order chi connectivity index (χ0) is 17.1. The Morgan fingerprint density at radius 2 is 2.04 bits per heavy atom. The molecule has 0 aliphatic carbocycles. The molecule has 0 bridgehead atoms. The highest BCUT2D eigenvalue weighted by atomic mass is 16.5. The van der Waals surface area contributed by atoms with E-state index in [1.165, 1.54) is 0 Å². The van der Waals surface area contributed by atoms with Gasteiger partial charge in [0.05, 0.1) is 12.8 Å². The second-order valence-corrected chi connectivity index (χ2v) is 5.26. The summed E-state index contributed by atoms with van der Waals surface area (Å²) in [6.45, 7) is 0. The smallest absolute Gasteiger partial charge is 0.255 e. The van der Waals surface area contributed by atoms with Crippen LogP contribution in [-0.4, -0.2) is 27.9 Å². The van der Waals surface area contributed by atoms with Gasteiger partial charge in [-0.1, -0.05) is 6.07 Å². The first-order valence-electron chi connectivity index (χ1n) is 7.35. The summed E-state index contributed by atoms with van der Waals surface area (Å²) >= 11 is 0. The number of nitrogens with zero attached hydrogens (tertiary/aromatic N) is 2. The van der Waals surface area contributed by atoms with E-state index in [1.807, 2.05) is 0 Å². The van der Waals surface area contributed by atoms with Gasteiger partial charge < -0.3 is 15.2 Å². The number of hydrogen-bond donors (Lipinski definition) is 2. The molecule has 0 saturated heterocycles. The van der Waals surface area contributed by atoms with Gasteiger partial charge in [-0.05, 0) is 42.5 Å². The van der Waals surface area contributed by atoms with Crippen LogP contribution in [0.1, 0.15) is 10.4 Å². The number of ether oxygens (including phenoxy) is 1. The van der Waals surface area contributed by atoms with Crippen LogP contribution in [0, 0.1) is 0 Å². The van der Waals surface area contributed by atoms with Crippen LogP contribution in [0.3, 0.4) is 0 Å². The van der Waals surface area contributed by atoms with Crippen molar-refractivity contribution >= 4 is 11.6 Å². The average Bonchev–Trinajstić information content (AvgIpc) is 3.02. The maximum absolute atomic E-state index is 12.4. The minimum atomic E-state index is -0.254. The van der Waals surface area contributed by atoms with Crippen LogP contribution < -0.4 is 10.1 Å². The standard InChI is InChI=1S/C18H17N3O3/c1-21-16(8-9-19-21)15-11-13(6-7-17(15)22)20-18(23)12-4-3-5-14(10-12)24-2/h3-11,22H,1-2H3,(H,20,23). The van der Waals surface area contributed by atoms with Crippen molar-refractivity contribution < 1.29 is 14.6 Å². The average molecular weight is 323 g/mol. The monoisotopic (exact) mass is 323 g/mol. The molecule has 0 radical (unpaired) electrons. The second-order valence-electron chi connectivity index (χ2n) is 5.26. The lowest BCUT2D eigenvalue weighted by molar-refractivity contribution is 0.102. The number of aromatic nitrogens is 2. The molecule has 1 aromatic heterocycles. The SMILES string of the molecule is COc1cccc(C(=O)Nc2ccc(O)c(-c3ccnn3C)c2)c1. The van der Waals surface area contributed by atoms with Crippen LogP contribution in [-0.2, 0) is 7.05 Å². The van der Waals surface area contributed by atoms with Gasteiger partial charge in [0.15, 0.2) is 0 Å². The molecule has 0 spiro atoms. The maximum Gasteiger partial charge on any atom is 0.255 e. The summed E-state index contributed by atoms with van der Waals surface area (Å²) in [6, 6.07) is 13.6. The first kappa shape index (κ1) is 15.6.